The molecule has 0 bridgehead atoms. The van der Waals surface area contributed by atoms with Gasteiger partial charge in [0.25, 0.3) is 0 Å². The van der Waals surface area contributed by atoms with Gasteiger partial charge in [0, 0.05) is 6.04 Å². The highest BCUT2D eigenvalue weighted by Gasteiger charge is 2.25. The van der Waals surface area contributed by atoms with E-state index in [-0.39, 0.29) is 11.9 Å². The average molecular weight is 224 g/mol. The second kappa shape index (κ2) is 5.67. The number of hydrogen-bond acceptors (Lipinski definition) is 2. The molecule has 0 radical (unpaired) electrons. The summed E-state index contributed by atoms with van der Waals surface area (Å²) < 4.78 is 0. The maximum atomic E-state index is 11.7. The highest BCUT2D eigenvalue weighted by molar-refractivity contribution is 5.81. The average Bonchev–Trinajstić information content (AvgIpc) is 3.11. The van der Waals surface area contributed by atoms with Gasteiger partial charge in [-0.05, 0) is 45.1 Å². The van der Waals surface area contributed by atoms with Crippen LogP contribution in [0.1, 0.15) is 51.9 Å². The van der Waals surface area contributed by atoms with Crippen LogP contribution in [0.25, 0.3) is 0 Å². The lowest BCUT2D eigenvalue weighted by molar-refractivity contribution is -0.122. The van der Waals surface area contributed by atoms with Gasteiger partial charge in [-0.1, -0.05) is 19.3 Å². The molecule has 0 aromatic carbocycles. The molecule has 2 N–H and O–H groups in total. The minimum Gasteiger partial charge on any atom is -0.352 e. The number of carbonyl (C=O) groups excluding carboxylic acids is 1. The first-order valence-electron chi connectivity index (χ1n) is 6.79. The Morgan fingerprint density at radius 3 is 2.50 bits per heavy atom. The Labute approximate surface area is 98.4 Å². The molecule has 16 heavy (non-hydrogen) atoms. The molecule has 1 amide bonds. The summed E-state index contributed by atoms with van der Waals surface area (Å²) in [5, 5.41) is 6.41. The minimum absolute atomic E-state index is 0.0254. The summed E-state index contributed by atoms with van der Waals surface area (Å²) in [7, 11) is 0. The van der Waals surface area contributed by atoms with Crippen molar-refractivity contribution < 1.29 is 4.79 Å². The molecule has 3 heteroatoms. The van der Waals surface area contributed by atoms with Gasteiger partial charge in [-0.2, -0.15) is 0 Å². The summed E-state index contributed by atoms with van der Waals surface area (Å²) in [5.41, 5.74) is 0. The van der Waals surface area contributed by atoms with Crippen molar-refractivity contribution in [2.45, 2.75) is 64.0 Å². The summed E-state index contributed by atoms with van der Waals surface area (Å²) in [5.74, 6) is 0.975. The minimum atomic E-state index is -0.0254. The van der Waals surface area contributed by atoms with E-state index in [2.05, 4.69) is 10.6 Å². The van der Waals surface area contributed by atoms with Crippen LogP contribution in [0.5, 0.6) is 0 Å². The monoisotopic (exact) mass is 224 g/mol. The standard InChI is InChI=1S/C13H24N2O/c1-10(13(16)15-12-7-8-12)14-9-11-5-3-2-4-6-11/h10-12,14H,2-9H2,1H3,(H,15,16). The third-order valence-corrected chi connectivity index (χ3v) is 3.75. The lowest BCUT2D eigenvalue weighted by Crippen LogP contribution is -2.44. The molecular formula is C13H24N2O. The highest BCUT2D eigenvalue weighted by Crippen LogP contribution is 2.23. The summed E-state index contributed by atoms with van der Waals surface area (Å²) in [6.45, 7) is 2.99. The van der Waals surface area contributed by atoms with Crippen molar-refractivity contribution in [3.63, 3.8) is 0 Å². The fraction of sp³-hybridized carbons (Fsp3) is 0.923. The van der Waals surface area contributed by atoms with Gasteiger partial charge in [-0.15, -0.1) is 0 Å². The van der Waals surface area contributed by atoms with E-state index in [1.54, 1.807) is 0 Å². The number of nitrogens with one attached hydrogen (secondary N) is 2. The Hall–Kier alpha value is -0.570. The summed E-state index contributed by atoms with van der Waals surface area (Å²) in [6, 6.07) is 0.453. The van der Waals surface area contributed by atoms with Crippen LogP contribution in [-0.4, -0.2) is 24.5 Å². The first kappa shape index (κ1) is 11.9. The molecule has 2 aliphatic rings. The van der Waals surface area contributed by atoms with Crippen molar-refractivity contribution in [2.24, 2.45) is 5.92 Å². The predicted octanol–water partition coefficient (Wildman–Crippen LogP) is 1.82. The van der Waals surface area contributed by atoms with Gasteiger partial charge in [0.05, 0.1) is 6.04 Å². The van der Waals surface area contributed by atoms with Crippen molar-refractivity contribution >= 4 is 5.91 Å². The van der Waals surface area contributed by atoms with E-state index in [1.807, 2.05) is 6.92 Å². The molecule has 1 unspecified atom stereocenters. The van der Waals surface area contributed by atoms with Gasteiger partial charge in [-0.3, -0.25) is 4.79 Å². The lowest BCUT2D eigenvalue weighted by atomic mass is 9.89. The quantitative estimate of drug-likeness (QED) is 0.748. The van der Waals surface area contributed by atoms with Crippen LogP contribution in [0, 0.1) is 5.92 Å². The number of carbonyl (C=O) groups is 1. The van der Waals surface area contributed by atoms with Gasteiger partial charge in [0.1, 0.15) is 0 Å². The molecule has 0 aliphatic heterocycles. The molecule has 0 aromatic heterocycles. The molecule has 2 fully saturated rings. The van der Waals surface area contributed by atoms with Crippen LogP contribution in [-0.2, 0) is 4.79 Å². The van der Waals surface area contributed by atoms with E-state index in [4.69, 9.17) is 0 Å². The van der Waals surface area contributed by atoms with E-state index in [0.717, 1.165) is 12.5 Å². The van der Waals surface area contributed by atoms with Crippen molar-refractivity contribution in [1.82, 2.24) is 10.6 Å². The van der Waals surface area contributed by atoms with Gasteiger partial charge in [0.2, 0.25) is 5.91 Å². The number of hydrogen-bond donors (Lipinski definition) is 2. The van der Waals surface area contributed by atoms with E-state index in [1.165, 1.54) is 44.9 Å². The lowest BCUT2D eigenvalue weighted by Gasteiger charge is -2.23. The summed E-state index contributed by atoms with van der Waals surface area (Å²) in [6.07, 6.45) is 9.15. The zero-order chi connectivity index (χ0) is 11.4. The molecule has 0 saturated heterocycles. The Kier molecular flexibility index (Phi) is 4.22. The van der Waals surface area contributed by atoms with Crippen molar-refractivity contribution in [2.75, 3.05) is 6.54 Å². The number of amides is 1. The fourth-order valence-electron chi connectivity index (χ4n) is 2.38. The molecular weight excluding hydrogens is 200 g/mol. The van der Waals surface area contributed by atoms with Crippen LogP contribution >= 0.6 is 0 Å². The van der Waals surface area contributed by atoms with Gasteiger partial charge in [-0.25, -0.2) is 0 Å². The molecule has 2 saturated carbocycles. The Morgan fingerprint density at radius 2 is 1.88 bits per heavy atom. The molecule has 0 heterocycles. The van der Waals surface area contributed by atoms with Gasteiger partial charge >= 0.3 is 0 Å². The van der Waals surface area contributed by atoms with Crippen LogP contribution in [0.15, 0.2) is 0 Å². The van der Waals surface area contributed by atoms with Crippen LogP contribution < -0.4 is 10.6 Å². The third-order valence-electron chi connectivity index (χ3n) is 3.75. The maximum Gasteiger partial charge on any atom is 0.237 e. The Morgan fingerprint density at radius 1 is 1.19 bits per heavy atom. The zero-order valence-electron chi connectivity index (χ0n) is 10.3. The van der Waals surface area contributed by atoms with Crippen LogP contribution in [0.3, 0.4) is 0 Å². The molecule has 0 spiro atoms. The van der Waals surface area contributed by atoms with Crippen molar-refractivity contribution in [3.8, 4) is 0 Å². The Bertz CT molecular complexity index is 232. The summed E-state index contributed by atoms with van der Waals surface area (Å²) >= 11 is 0. The van der Waals surface area contributed by atoms with Crippen molar-refractivity contribution in [1.29, 1.82) is 0 Å². The Balaban J connectivity index is 1.61. The first-order chi connectivity index (χ1) is 7.75. The van der Waals surface area contributed by atoms with Crippen LogP contribution in [0.4, 0.5) is 0 Å². The first-order valence-corrected chi connectivity index (χ1v) is 6.79. The molecule has 1 atom stereocenters. The number of rotatable bonds is 5. The second-order valence-corrected chi connectivity index (χ2v) is 5.42. The SMILES string of the molecule is CC(NCC1CCCCC1)C(=O)NC1CC1. The topological polar surface area (TPSA) is 41.1 Å². The van der Waals surface area contributed by atoms with E-state index in [9.17, 15) is 4.79 Å². The highest BCUT2D eigenvalue weighted by atomic mass is 16.2. The van der Waals surface area contributed by atoms with E-state index in [0.29, 0.717) is 6.04 Å². The zero-order valence-corrected chi connectivity index (χ0v) is 10.3. The van der Waals surface area contributed by atoms with E-state index < -0.39 is 0 Å². The molecule has 2 aliphatic carbocycles. The second-order valence-electron chi connectivity index (χ2n) is 5.42. The fourth-order valence-corrected chi connectivity index (χ4v) is 2.38. The van der Waals surface area contributed by atoms with Gasteiger partial charge < -0.3 is 10.6 Å². The predicted molar refractivity (Wildman–Crippen MR) is 65.2 cm³/mol. The summed E-state index contributed by atoms with van der Waals surface area (Å²) in [4.78, 5) is 11.7. The third kappa shape index (κ3) is 3.78. The molecule has 92 valence electrons. The van der Waals surface area contributed by atoms with Gasteiger partial charge in [0.15, 0.2) is 0 Å². The molecule has 3 nitrogen and oxygen atoms in total. The molecule has 2 rings (SSSR count). The molecule has 0 aromatic rings. The normalized spacial score (nSPS) is 24.1. The largest absolute Gasteiger partial charge is 0.352 e. The van der Waals surface area contributed by atoms with E-state index >= 15 is 0 Å². The maximum absolute atomic E-state index is 11.7. The van der Waals surface area contributed by atoms with Crippen LogP contribution in [0.2, 0.25) is 0 Å². The van der Waals surface area contributed by atoms with Crippen molar-refractivity contribution in [3.05, 3.63) is 0 Å². The smallest absolute Gasteiger partial charge is 0.237 e.